The number of hydrogen-bond donors (Lipinski definition) is 1. The average Bonchev–Trinajstić information content (AvgIpc) is 2.20. The van der Waals surface area contributed by atoms with Crippen LogP contribution >= 0.6 is 0 Å². The highest BCUT2D eigenvalue weighted by atomic mass is 16.5. The van der Waals surface area contributed by atoms with Gasteiger partial charge in [-0.25, -0.2) is 0 Å². The second kappa shape index (κ2) is 11.0. The molecule has 96 valence electrons. The topological polar surface area (TPSA) is 21.3 Å². The molecule has 0 saturated heterocycles. The number of ether oxygens (including phenoxy) is 1. The molecule has 1 N–H and O–H groups in total. The van der Waals surface area contributed by atoms with Gasteiger partial charge in [0.15, 0.2) is 0 Å². The lowest BCUT2D eigenvalue weighted by atomic mass is 10.2. The Balaban J connectivity index is 0. The van der Waals surface area contributed by atoms with Crippen LogP contribution in [0.25, 0.3) is 0 Å². The first-order valence-electron chi connectivity index (χ1n) is 6.39. The SMILES string of the molecule is CC(C)C#CCCOCCCNCC(C)C.[HH]. The summed E-state index contributed by atoms with van der Waals surface area (Å²) in [6.45, 7) is 12.4. The third kappa shape index (κ3) is 13.5. The van der Waals surface area contributed by atoms with Gasteiger partial charge >= 0.3 is 0 Å². The molecule has 16 heavy (non-hydrogen) atoms. The second-order valence-electron chi connectivity index (χ2n) is 4.79. The van der Waals surface area contributed by atoms with Gasteiger partial charge in [0.25, 0.3) is 0 Å². The fourth-order valence-electron chi connectivity index (χ4n) is 1.19. The minimum atomic E-state index is 0. The van der Waals surface area contributed by atoms with E-state index in [1.54, 1.807) is 0 Å². The molecule has 0 aliphatic heterocycles. The van der Waals surface area contributed by atoms with E-state index in [1.165, 1.54) is 0 Å². The first kappa shape index (κ1) is 15.5. The maximum absolute atomic E-state index is 5.48. The van der Waals surface area contributed by atoms with Crippen molar-refractivity contribution in [2.75, 3.05) is 26.3 Å². The predicted octanol–water partition coefficient (Wildman–Crippen LogP) is 2.93. The fraction of sp³-hybridized carbons (Fsp3) is 0.857. The van der Waals surface area contributed by atoms with Crippen LogP contribution in [0.5, 0.6) is 0 Å². The van der Waals surface area contributed by atoms with Gasteiger partial charge in [0.05, 0.1) is 6.61 Å². The van der Waals surface area contributed by atoms with Crippen LogP contribution in [0.15, 0.2) is 0 Å². The zero-order valence-corrected chi connectivity index (χ0v) is 11.3. The molecule has 0 unspecified atom stereocenters. The normalized spacial score (nSPS) is 10.6. The maximum atomic E-state index is 5.48. The molecular formula is C14H29NO. The van der Waals surface area contributed by atoms with E-state index >= 15 is 0 Å². The van der Waals surface area contributed by atoms with Gasteiger partial charge in [-0.05, 0) is 25.4 Å². The van der Waals surface area contributed by atoms with Crippen LogP contribution < -0.4 is 5.32 Å². The van der Waals surface area contributed by atoms with Gasteiger partial charge in [0.1, 0.15) is 0 Å². The molecule has 0 aromatic heterocycles. The van der Waals surface area contributed by atoms with Crippen LogP contribution in [0.2, 0.25) is 0 Å². The van der Waals surface area contributed by atoms with Crippen molar-refractivity contribution >= 4 is 0 Å². The summed E-state index contributed by atoms with van der Waals surface area (Å²) in [5, 5.41) is 3.39. The summed E-state index contributed by atoms with van der Waals surface area (Å²) in [5.41, 5.74) is 0. The Morgan fingerprint density at radius 2 is 1.94 bits per heavy atom. The average molecular weight is 227 g/mol. The first-order valence-corrected chi connectivity index (χ1v) is 6.39. The van der Waals surface area contributed by atoms with E-state index in [0.29, 0.717) is 5.92 Å². The van der Waals surface area contributed by atoms with Gasteiger partial charge in [0, 0.05) is 20.4 Å². The van der Waals surface area contributed by atoms with Gasteiger partial charge in [-0.15, -0.1) is 11.8 Å². The number of hydrogen-bond acceptors (Lipinski definition) is 2. The zero-order valence-electron chi connectivity index (χ0n) is 11.3. The summed E-state index contributed by atoms with van der Waals surface area (Å²) in [4.78, 5) is 0. The summed E-state index contributed by atoms with van der Waals surface area (Å²) in [5.74, 6) is 7.44. The van der Waals surface area contributed by atoms with E-state index in [-0.39, 0.29) is 1.43 Å². The maximum Gasteiger partial charge on any atom is 0.0575 e. The Morgan fingerprint density at radius 1 is 1.19 bits per heavy atom. The molecule has 0 aromatic rings. The van der Waals surface area contributed by atoms with Crippen LogP contribution in [-0.2, 0) is 4.74 Å². The molecule has 0 saturated carbocycles. The third-order valence-corrected chi connectivity index (χ3v) is 1.96. The highest BCUT2D eigenvalue weighted by molar-refractivity contribution is 5.00. The summed E-state index contributed by atoms with van der Waals surface area (Å²) < 4.78 is 5.48. The highest BCUT2D eigenvalue weighted by Gasteiger charge is 1.92. The van der Waals surface area contributed by atoms with E-state index in [9.17, 15) is 0 Å². The van der Waals surface area contributed by atoms with Crippen molar-refractivity contribution in [1.82, 2.24) is 5.32 Å². The Kier molecular flexibility index (Phi) is 10.6. The summed E-state index contributed by atoms with van der Waals surface area (Å²) in [6, 6.07) is 0. The van der Waals surface area contributed by atoms with Crippen molar-refractivity contribution in [3.8, 4) is 11.8 Å². The highest BCUT2D eigenvalue weighted by Crippen LogP contribution is 1.90. The molecule has 0 bridgehead atoms. The monoisotopic (exact) mass is 227 g/mol. The fourth-order valence-corrected chi connectivity index (χ4v) is 1.19. The Bertz CT molecular complexity index is 206. The van der Waals surface area contributed by atoms with Crippen molar-refractivity contribution in [2.24, 2.45) is 11.8 Å². The lowest BCUT2D eigenvalue weighted by molar-refractivity contribution is 0.137. The second-order valence-corrected chi connectivity index (χ2v) is 4.79. The summed E-state index contributed by atoms with van der Waals surface area (Å²) >= 11 is 0. The van der Waals surface area contributed by atoms with Crippen molar-refractivity contribution < 1.29 is 6.16 Å². The largest absolute Gasteiger partial charge is 0.380 e. The van der Waals surface area contributed by atoms with Crippen LogP contribution in [-0.4, -0.2) is 26.3 Å². The molecule has 0 radical (unpaired) electrons. The van der Waals surface area contributed by atoms with E-state index < -0.39 is 0 Å². The van der Waals surface area contributed by atoms with Crippen molar-refractivity contribution in [2.45, 2.75) is 40.5 Å². The quantitative estimate of drug-likeness (QED) is 0.508. The zero-order chi connectivity index (χ0) is 12.2. The molecule has 0 aliphatic rings. The molecule has 0 atom stereocenters. The van der Waals surface area contributed by atoms with E-state index in [2.05, 4.69) is 44.9 Å². The molecule has 0 amide bonds. The molecule has 0 heterocycles. The van der Waals surface area contributed by atoms with Gasteiger partial charge in [-0.1, -0.05) is 27.7 Å². The van der Waals surface area contributed by atoms with Crippen molar-refractivity contribution in [3.05, 3.63) is 0 Å². The van der Waals surface area contributed by atoms with E-state index in [0.717, 1.165) is 45.1 Å². The Labute approximate surface area is 103 Å². The van der Waals surface area contributed by atoms with Crippen molar-refractivity contribution in [3.63, 3.8) is 0 Å². The number of rotatable bonds is 8. The molecule has 2 nitrogen and oxygen atoms in total. The van der Waals surface area contributed by atoms with E-state index in [4.69, 9.17) is 4.74 Å². The van der Waals surface area contributed by atoms with Crippen LogP contribution in [0.1, 0.15) is 42.0 Å². The molecule has 0 fully saturated rings. The van der Waals surface area contributed by atoms with Crippen LogP contribution in [0.3, 0.4) is 0 Å². The Morgan fingerprint density at radius 3 is 2.56 bits per heavy atom. The standard InChI is InChI=1S/C14H27NO.H2/c1-13(2)8-5-6-10-16-11-7-9-15-12-14(3)4;/h13-15H,6-7,9-12H2,1-4H3;1H. The smallest absolute Gasteiger partial charge is 0.0575 e. The van der Waals surface area contributed by atoms with Gasteiger partial charge in [-0.2, -0.15) is 0 Å². The molecular weight excluding hydrogens is 198 g/mol. The summed E-state index contributed by atoms with van der Waals surface area (Å²) in [6.07, 6.45) is 1.95. The molecule has 0 aliphatic carbocycles. The lowest BCUT2D eigenvalue weighted by Crippen LogP contribution is -2.21. The minimum Gasteiger partial charge on any atom is -0.380 e. The lowest BCUT2D eigenvalue weighted by Gasteiger charge is -2.07. The Hall–Kier alpha value is -0.520. The minimum absolute atomic E-state index is 0. The van der Waals surface area contributed by atoms with Gasteiger partial charge < -0.3 is 10.1 Å². The van der Waals surface area contributed by atoms with Gasteiger partial charge in [0.2, 0.25) is 0 Å². The molecule has 2 heteroatoms. The molecule has 0 aromatic carbocycles. The summed E-state index contributed by atoms with van der Waals surface area (Å²) in [7, 11) is 0. The van der Waals surface area contributed by atoms with Crippen LogP contribution in [0, 0.1) is 23.7 Å². The first-order chi connectivity index (χ1) is 7.63. The van der Waals surface area contributed by atoms with Crippen LogP contribution in [0.4, 0.5) is 0 Å². The van der Waals surface area contributed by atoms with E-state index in [1.807, 2.05) is 0 Å². The predicted molar refractivity (Wildman–Crippen MR) is 72.5 cm³/mol. The third-order valence-electron chi connectivity index (χ3n) is 1.96. The molecule has 0 spiro atoms. The van der Waals surface area contributed by atoms with Crippen molar-refractivity contribution in [1.29, 1.82) is 0 Å². The molecule has 0 rings (SSSR count). The number of nitrogens with one attached hydrogen (secondary N) is 1. The van der Waals surface area contributed by atoms with Gasteiger partial charge in [-0.3, -0.25) is 0 Å².